The summed E-state index contributed by atoms with van der Waals surface area (Å²) in [5.41, 5.74) is 7.59. The summed E-state index contributed by atoms with van der Waals surface area (Å²) in [5, 5.41) is 18.0. The molecule has 146 valence electrons. The Morgan fingerprint density at radius 1 is 1.18 bits per heavy atom. The Morgan fingerprint density at radius 3 is 2.75 bits per heavy atom. The van der Waals surface area contributed by atoms with E-state index >= 15 is 0 Å². The van der Waals surface area contributed by atoms with Crippen LogP contribution in [0.3, 0.4) is 0 Å². The van der Waals surface area contributed by atoms with Gasteiger partial charge in [0.1, 0.15) is 6.61 Å². The summed E-state index contributed by atoms with van der Waals surface area (Å²) in [5.74, 6) is 0.706. The predicted molar refractivity (Wildman–Crippen MR) is 106 cm³/mol. The van der Waals surface area contributed by atoms with Crippen LogP contribution in [0, 0.1) is 27.7 Å². The first-order valence-corrected chi connectivity index (χ1v) is 9.44. The van der Waals surface area contributed by atoms with Gasteiger partial charge in [0, 0.05) is 48.2 Å². The van der Waals surface area contributed by atoms with Gasteiger partial charge in [-0.3, -0.25) is 15.0 Å². The van der Waals surface area contributed by atoms with Crippen LogP contribution in [-0.4, -0.2) is 43.3 Å². The molecular weight excluding hydrogens is 354 g/mol. The Balaban J connectivity index is 1.69. The molecule has 1 aliphatic heterocycles. The molecule has 0 amide bonds. The largest absolute Gasteiger partial charge is 0.504 e. The van der Waals surface area contributed by atoms with Crippen molar-refractivity contribution in [3.8, 4) is 22.8 Å². The van der Waals surface area contributed by atoms with E-state index in [1.807, 2.05) is 27.7 Å². The molecule has 4 rings (SSSR count). The number of hydrogen-bond acceptors (Lipinski definition) is 6. The van der Waals surface area contributed by atoms with Crippen LogP contribution in [0.15, 0.2) is 18.3 Å². The van der Waals surface area contributed by atoms with Crippen LogP contribution in [-0.2, 0) is 13.1 Å². The second kappa shape index (κ2) is 7.24. The number of aromatic hydroxyl groups is 1. The summed E-state index contributed by atoms with van der Waals surface area (Å²) in [6.07, 6.45) is 1.75. The van der Waals surface area contributed by atoms with E-state index in [9.17, 15) is 5.11 Å². The fraction of sp³-hybridized carbons (Fsp3) is 0.381. The minimum absolute atomic E-state index is 0.146. The van der Waals surface area contributed by atoms with Crippen molar-refractivity contribution < 1.29 is 9.84 Å². The minimum atomic E-state index is 0.146. The van der Waals surface area contributed by atoms with Crippen LogP contribution < -0.4 is 4.74 Å². The number of aryl methyl sites for hydroxylation is 4. The van der Waals surface area contributed by atoms with Crippen LogP contribution in [0.2, 0.25) is 0 Å². The van der Waals surface area contributed by atoms with Crippen molar-refractivity contribution >= 4 is 0 Å². The number of benzene rings is 1. The molecule has 1 aliphatic rings. The fourth-order valence-corrected chi connectivity index (χ4v) is 3.67. The van der Waals surface area contributed by atoms with E-state index in [0.717, 1.165) is 52.7 Å². The lowest BCUT2D eigenvalue weighted by molar-refractivity contribution is 0.216. The summed E-state index contributed by atoms with van der Waals surface area (Å²) >= 11 is 0. The van der Waals surface area contributed by atoms with E-state index in [0.29, 0.717) is 18.9 Å². The third-order valence-corrected chi connectivity index (χ3v) is 5.21. The molecule has 2 N–H and O–H groups in total. The lowest BCUT2D eigenvalue weighted by Gasteiger charge is -2.20. The van der Waals surface area contributed by atoms with Gasteiger partial charge in [-0.1, -0.05) is 0 Å². The molecule has 3 aromatic rings. The number of H-pyrrole nitrogens is 1. The van der Waals surface area contributed by atoms with Crippen LogP contribution in [0.1, 0.15) is 33.9 Å². The molecule has 0 saturated carbocycles. The standard InChI is InChI=1S/C21H25N5O2/c1-12-9-22-15(4)20(23-12)16-7-17-10-26(5-6-28-21(17)19(27)8-16)11-18-13(2)24-25-14(18)3/h7-9,27H,5-6,10-11H2,1-4H3,(H,24,25). The van der Waals surface area contributed by atoms with Gasteiger partial charge in [0.15, 0.2) is 11.5 Å². The fourth-order valence-electron chi connectivity index (χ4n) is 3.67. The summed E-state index contributed by atoms with van der Waals surface area (Å²) in [6, 6.07) is 3.77. The number of hydrogen-bond donors (Lipinski definition) is 2. The highest BCUT2D eigenvalue weighted by atomic mass is 16.5. The maximum Gasteiger partial charge on any atom is 0.165 e. The lowest BCUT2D eigenvalue weighted by atomic mass is 10.0. The van der Waals surface area contributed by atoms with Gasteiger partial charge in [-0.05, 0) is 39.8 Å². The minimum Gasteiger partial charge on any atom is -0.504 e. The number of aromatic amines is 1. The molecule has 28 heavy (non-hydrogen) atoms. The van der Waals surface area contributed by atoms with Crippen LogP contribution in [0.5, 0.6) is 11.5 Å². The van der Waals surface area contributed by atoms with Crippen LogP contribution >= 0.6 is 0 Å². The number of nitrogens with zero attached hydrogens (tertiary/aromatic N) is 4. The topological polar surface area (TPSA) is 87.2 Å². The van der Waals surface area contributed by atoms with Gasteiger partial charge < -0.3 is 9.84 Å². The zero-order valence-corrected chi connectivity index (χ0v) is 16.7. The van der Waals surface area contributed by atoms with Gasteiger partial charge in [0.2, 0.25) is 0 Å². The van der Waals surface area contributed by atoms with Crippen molar-refractivity contribution in [3.63, 3.8) is 0 Å². The molecule has 0 unspecified atom stereocenters. The van der Waals surface area contributed by atoms with Gasteiger partial charge in [0.05, 0.1) is 22.8 Å². The second-order valence-electron chi connectivity index (χ2n) is 7.40. The first-order chi connectivity index (χ1) is 13.4. The number of rotatable bonds is 3. The summed E-state index contributed by atoms with van der Waals surface area (Å²) < 4.78 is 5.88. The Bertz CT molecular complexity index is 1010. The van der Waals surface area contributed by atoms with Gasteiger partial charge in [-0.2, -0.15) is 5.10 Å². The van der Waals surface area contributed by atoms with Crippen molar-refractivity contribution in [2.24, 2.45) is 0 Å². The molecule has 0 fully saturated rings. The predicted octanol–water partition coefficient (Wildman–Crippen LogP) is 3.20. The van der Waals surface area contributed by atoms with Crippen molar-refractivity contribution in [1.29, 1.82) is 0 Å². The molecule has 0 atom stereocenters. The Labute approximate surface area is 164 Å². The maximum absolute atomic E-state index is 10.6. The van der Waals surface area contributed by atoms with E-state index in [1.165, 1.54) is 5.56 Å². The normalized spacial score (nSPS) is 14.4. The monoisotopic (exact) mass is 379 g/mol. The number of nitrogens with one attached hydrogen (secondary N) is 1. The number of ether oxygens (including phenoxy) is 1. The SMILES string of the molecule is Cc1cnc(C)c(-c2cc(O)c3c(c2)CN(Cc2c(C)n[nH]c2C)CCO3)n1. The molecule has 0 spiro atoms. The summed E-state index contributed by atoms with van der Waals surface area (Å²) in [4.78, 5) is 11.3. The number of phenols is 1. The van der Waals surface area contributed by atoms with Crippen LogP contribution in [0.25, 0.3) is 11.3 Å². The average Bonchev–Trinajstić information content (AvgIpc) is 2.86. The molecule has 1 aromatic carbocycles. The number of aromatic nitrogens is 4. The van der Waals surface area contributed by atoms with Gasteiger partial charge >= 0.3 is 0 Å². The lowest BCUT2D eigenvalue weighted by Crippen LogP contribution is -2.25. The molecule has 0 radical (unpaired) electrons. The maximum atomic E-state index is 10.6. The summed E-state index contributed by atoms with van der Waals surface area (Å²) in [7, 11) is 0. The molecule has 0 saturated heterocycles. The second-order valence-corrected chi connectivity index (χ2v) is 7.40. The zero-order chi connectivity index (χ0) is 19.8. The van der Waals surface area contributed by atoms with E-state index in [2.05, 4.69) is 31.1 Å². The number of phenolic OH excluding ortho intramolecular Hbond substituents is 1. The molecular formula is C21H25N5O2. The Hall–Kier alpha value is -2.93. The van der Waals surface area contributed by atoms with Gasteiger partial charge in [-0.15, -0.1) is 0 Å². The summed E-state index contributed by atoms with van der Waals surface area (Å²) in [6.45, 7) is 10.7. The van der Waals surface area contributed by atoms with Crippen LogP contribution in [0.4, 0.5) is 0 Å². The third kappa shape index (κ3) is 3.45. The zero-order valence-electron chi connectivity index (χ0n) is 16.7. The average molecular weight is 379 g/mol. The van der Waals surface area contributed by atoms with E-state index < -0.39 is 0 Å². The Morgan fingerprint density at radius 2 is 2.00 bits per heavy atom. The molecule has 7 heteroatoms. The van der Waals surface area contributed by atoms with E-state index in [4.69, 9.17) is 4.74 Å². The molecule has 2 aromatic heterocycles. The van der Waals surface area contributed by atoms with Gasteiger partial charge in [0.25, 0.3) is 0 Å². The number of fused-ring (bicyclic) bond motifs is 1. The first-order valence-electron chi connectivity index (χ1n) is 9.44. The highest BCUT2D eigenvalue weighted by molar-refractivity contribution is 5.68. The van der Waals surface area contributed by atoms with E-state index in [-0.39, 0.29) is 5.75 Å². The van der Waals surface area contributed by atoms with Crippen molar-refractivity contribution in [3.05, 3.63) is 52.2 Å². The van der Waals surface area contributed by atoms with Crippen molar-refractivity contribution in [2.75, 3.05) is 13.2 Å². The molecule has 3 heterocycles. The first kappa shape index (κ1) is 18.4. The smallest absolute Gasteiger partial charge is 0.165 e. The highest BCUT2D eigenvalue weighted by Gasteiger charge is 2.22. The van der Waals surface area contributed by atoms with Crippen molar-refractivity contribution in [2.45, 2.75) is 40.8 Å². The molecule has 0 bridgehead atoms. The molecule has 0 aliphatic carbocycles. The van der Waals surface area contributed by atoms with Crippen molar-refractivity contribution in [1.82, 2.24) is 25.1 Å². The Kier molecular flexibility index (Phi) is 4.77. The highest BCUT2D eigenvalue weighted by Crippen LogP contribution is 2.38. The van der Waals surface area contributed by atoms with E-state index in [1.54, 1.807) is 12.3 Å². The third-order valence-electron chi connectivity index (χ3n) is 5.21. The molecule has 7 nitrogen and oxygen atoms in total. The quantitative estimate of drug-likeness (QED) is 0.727. The van der Waals surface area contributed by atoms with Gasteiger partial charge in [-0.25, -0.2) is 4.98 Å².